The van der Waals surface area contributed by atoms with Crippen molar-refractivity contribution in [2.75, 3.05) is 5.73 Å². The van der Waals surface area contributed by atoms with Crippen LogP contribution in [-0.2, 0) is 6.42 Å². The zero-order valence-electron chi connectivity index (χ0n) is 11.5. The van der Waals surface area contributed by atoms with Crippen LogP contribution in [0.15, 0.2) is 12.1 Å². The predicted octanol–water partition coefficient (Wildman–Crippen LogP) is 2.76. The molecular weight excluding hydrogens is 250 g/mol. The minimum Gasteiger partial charge on any atom is -0.383 e. The number of H-pyrrole nitrogens is 1. The first-order valence-corrected chi connectivity index (χ1v) is 6.98. The van der Waals surface area contributed by atoms with Crippen LogP contribution < -0.4 is 5.73 Å². The van der Waals surface area contributed by atoms with Crippen LogP contribution in [0.2, 0.25) is 0 Å². The van der Waals surface area contributed by atoms with Crippen molar-refractivity contribution in [1.29, 1.82) is 5.26 Å². The average molecular weight is 267 g/mol. The number of aromatic amines is 1. The molecule has 2 aromatic heterocycles. The van der Waals surface area contributed by atoms with Crippen molar-refractivity contribution in [3.8, 4) is 17.3 Å². The van der Waals surface area contributed by atoms with E-state index in [9.17, 15) is 5.26 Å². The number of aryl methyl sites for hydroxylation is 1. The molecule has 5 heteroatoms. The van der Waals surface area contributed by atoms with E-state index in [0.717, 1.165) is 41.9 Å². The van der Waals surface area contributed by atoms with Crippen LogP contribution in [0.1, 0.15) is 49.1 Å². The van der Waals surface area contributed by atoms with E-state index < -0.39 is 0 Å². The van der Waals surface area contributed by atoms with Crippen molar-refractivity contribution in [3.05, 3.63) is 29.1 Å². The molecule has 102 valence electrons. The third-order valence-electron chi connectivity index (χ3n) is 3.99. The molecule has 0 spiro atoms. The van der Waals surface area contributed by atoms with Gasteiger partial charge in [-0.3, -0.25) is 5.10 Å². The minimum absolute atomic E-state index is 0.313. The molecule has 2 heterocycles. The maximum Gasteiger partial charge on any atom is 0.142 e. The van der Waals surface area contributed by atoms with E-state index in [1.165, 1.54) is 6.42 Å². The number of nitrogens with one attached hydrogen (secondary N) is 1. The number of hydrogen-bond donors (Lipinski definition) is 2. The molecule has 1 saturated carbocycles. The fraction of sp³-hybridized carbons (Fsp3) is 0.400. The summed E-state index contributed by atoms with van der Waals surface area (Å²) in [6.45, 7) is 2.06. The van der Waals surface area contributed by atoms with Gasteiger partial charge in [0.15, 0.2) is 0 Å². The maximum atomic E-state index is 9.32. The molecule has 0 unspecified atom stereocenters. The SMILES string of the molecule is CCc1cc(-c2cc(C3CCC3)nc(N)c2C#N)n[nH]1. The number of nitriles is 1. The van der Waals surface area contributed by atoms with E-state index in [1.807, 2.05) is 12.1 Å². The molecule has 1 fully saturated rings. The van der Waals surface area contributed by atoms with Crippen LogP contribution in [0.25, 0.3) is 11.3 Å². The second-order valence-electron chi connectivity index (χ2n) is 5.23. The van der Waals surface area contributed by atoms with Crippen LogP contribution in [0, 0.1) is 11.3 Å². The summed E-state index contributed by atoms with van der Waals surface area (Å²) < 4.78 is 0. The average Bonchev–Trinajstić information content (AvgIpc) is 2.84. The second kappa shape index (κ2) is 4.97. The van der Waals surface area contributed by atoms with Crippen molar-refractivity contribution in [2.45, 2.75) is 38.5 Å². The molecule has 0 saturated heterocycles. The Morgan fingerprint density at radius 1 is 1.45 bits per heavy atom. The quantitative estimate of drug-likeness (QED) is 0.894. The fourth-order valence-electron chi connectivity index (χ4n) is 2.50. The highest BCUT2D eigenvalue weighted by Crippen LogP contribution is 2.38. The number of nitrogens with zero attached hydrogens (tertiary/aromatic N) is 3. The summed E-state index contributed by atoms with van der Waals surface area (Å²) in [7, 11) is 0. The van der Waals surface area contributed by atoms with Gasteiger partial charge in [-0.1, -0.05) is 13.3 Å². The molecule has 0 bridgehead atoms. The number of rotatable bonds is 3. The van der Waals surface area contributed by atoms with E-state index in [4.69, 9.17) is 5.73 Å². The number of hydrogen-bond acceptors (Lipinski definition) is 4. The topological polar surface area (TPSA) is 91.4 Å². The standard InChI is InChI=1S/C15H17N5/c1-2-10-6-14(20-19-10)11-7-13(9-4-3-5-9)18-15(17)12(11)8-16/h6-7,9H,2-5H2,1H3,(H2,17,18)(H,19,20). The third kappa shape index (κ3) is 2.03. The highest BCUT2D eigenvalue weighted by molar-refractivity contribution is 5.73. The van der Waals surface area contributed by atoms with Gasteiger partial charge in [0.25, 0.3) is 0 Å². The summed E-state index contributed by atoms with van der Waals surface area (Å²) >= 11 is 0. The molecule has 0 amide bonds. The highest BCUT2D eigenvalue weighted by Gasteiger charge is 2.24. The van der Waals surface area contributed by atoms with E-state index in [-0.39, 0.29) is 0 Å². The van der Waals surface area contributed by atoms with Crippen molar-refractivity contribution in [2.24, 2.45) is 0 Å². The third-order valence-corrected chi connectivity index (χ3v) is 3.99. The number of nitrogens with two attached hydrogens (primary N) is 1. The largest absolute Gasteiger partial charge is 0.383 e. The van der Waals surface area contributed by atoms with E-state index in [1.54, 1.807) is 0 Å². The lowest BCUT2D eigenvalue weighted by atomic mass is 9.82. The summed E-state index contributed by atoms with van der Waals surface area (Å²) in [4.78, 5) is 4.40. The summed E-state index contributed by atoms with van der Waals surface area (Å²) in [5.74, 6) is 0.793. The van der Waals surface area contributed by atoms with Crippen molar-refractivity contribution < 1.29 is 0 Å². The molecule has 0 aliphatic heterocycles. The zero-order chi connectivity index (χ0) is 14.1. The minimum atomic E-state index is 0.313. The summed E-state index contributed by atoms with van der Waals surface area (Å²) in [6, 6.07) is 6.10. The molecule has 0 radical (unpaired) electrons. The Hall–Kier alpha value is -2.35. The van der Waals surface area contributed by atoms with Crippen LogP contribution >= 0.6 is 0 Å². The molecule has 2 aromatic rings. The molecule has 1 aliphatic carbocycles. The molecule has 5 nitrogen and oxygen atoms in total. The Kier molecular flexibility index (Phi) is 3.15. The van der Waals surface area contributed by atoms with Gasteiger partial charge in [-0.2, -0.15) is 10.4 Å². The van der Waals surface area contributed by atoms with Crippen LogP contribution in [0.3, 0.4) is 0 Å². The summed E-state index contributed by atoms with van der Waals surface area (Å²) in [5, 5.41) is 16.6. The van der Waals surface area contributed by atoms with E-state index in [2.05, 4.69) is 28.2 Å². The number of nitrogen functional groups attached to an aromatic ring is 1. The maximum absolute atomic E-state index is 9.32. The Bertz CT molecular complexity index is 676. The Morgan fingerprint density at radius 2 is 2.25 bits per heavy atom. The summed E-state index contributed by atoms with van der Waals surface area (Å²) in [5.41, 5.74) is 9.97. The smallest absolute Gasteiger partial charge is 0.142 e. The van der Waals surface area contributed by atoms with Gasteiger partial charge in [0.2, 0.25) is 0 Å². The molecule has 3 rings (SSSR count). The van der Waals surface area contributed by atoms with Gasteiger partial charge in [0.1, 0.15) is 17.5 Å². The molecular formula is C15H17N5. The zero-order valence-corrected chi connectivity index (χ0v) is 11.5. The first kappa shape index (κ1) is 12.7. The molecule has 3 N–H and O–H groups in total. The number of anilines is 1. The monoisotopic (exact) mass is 267 g/mol. The predicted molar refractivity (Wildman–Crippen MR) is 76.9 cm³/mol. The highest BCUT2D eigenvalue weighted by atomic mass is 15.1. The van der Waals surface area contributed by atoms with Gasteiger partial charge >= 0.3 is 0 Å². The molecule has 0 atom stereocenters. The molecule has 0 aromatic carbocycles. The Balaban J connectivity index is 2.11. The first-order valence-electron chi connectivity index (χ1n) is 6.98. The molecule has 20 heavy (non-hydrogen) atoms. The van der Waals surface area contributed by atoms with Gasteiger partial charge in [-0.25, -0.2) is 4.98 Å². The second-order valence-corrected chi connectivity index (χ2v) is 5.23. The van der Waals surface area contributed by atoms with Gasteiger partial charge in [-0.15, -0.1) is 0 Å². The number of pyridine rings is 1. The van der Waals surface area contributed by atoms with Gasteiger partial charge in [-0.05, 0) is 31.4 Å². The van der Waals surface area contributed by atoms with E-state index >= 15 is 0 Å². The first-order chi connectivity index (χ1) is 9.72. The van der Waals surface area contributed by atoms with Gasteiger partial charge in [0, 0.05) is 22.9 Å². The van der Waals surface area contributed by atoms with Gasteiger partial charge in [0.05, 0.1) is 5.69 Å². The fourth-order valence-corrected chi connectivity index (χ4v) is 2.50. The Labute approximate surface area is 117 Å². The lowest BCUT2D eigenvalue weighted by Crippen LogP contribution is -2.12. The summed E-state index contributed by atoms with van der Waals surface area (Å²) in [6.07, 6.45) is 4.42. The van der Waals surface area contributed by atoms with E-state index in [0.29, 0.717) is 17.3 Å². The van der Waals surface area contributed by atoms with Crippen molar-refractivity contribution >= 4 is 5.82 Å². The lowest BCUT2D eigenvalue weighted by Gasteiger charge is -2.25. The number of aromatic nitrogens is 3. The normalized spacial score (nSPS) is 14.8. The van der Waals surface area contributed by atoms with Gasteiger partial charge < -0.3 is 5.73 Å². The van der Waals surface area contributed by atoms with Crippen LogP contribution in [0.5, 0.6) is 0 Å². The Morgan fingerprint density at radius 3 is 2.80 bits per heavy atom. The molecule has 1 aliphatic rings. The van der Waals surface area contributed by atoms with Crippen molar-refractivity contribution in [3.63, 3.8) is 0 Å². The van der Waals surface area contributed by atoms with Crippen molar-refractivity contribution in [1.82, 2.24) is 15.2 Å². The van der Waals surface area contributed by atoms with Crippen LogP contribution in [-0.4, -0.2) is 15.2 Å². The lowest BCUT2D eigenvalue weighted by molar-refractivity contribution is 0.411. The van der Waals surface area contributed by atoms with Crippen LogP contribution in [0.4, 0.5) is 5.82 Å².